The van der Waals surface area contributed by atoms with Crippen LogP contribution in [-0.4, -0.2) is 16.2 Å². The summed E-state index contributed by atoms with van der Waals surface area (Å²) in [4.78, 5) is 4.20. The average molecular weight is 245 g/mol. The molecular weight excluding hydrogens is 226 g/mol. The number of ether oxygens (including phenoxy) is 1. The molecule has 18 heavy (non-hydrogen) atoms. The summed E-state index contributed by atoms with van der Waals surface area (Å²) in [5.41, 5.74) is 8.09. The monoisotopic (exact) mass is 245 g/mol. The quantitative estimate of drug-likeness (QED) is 0.881. The summed E-state index contributed by atoms with van der Waals surface area (Å²) in [6.45, 7) is 4.68. The van der Waals surface area contributed by atoms with E-state index in [2.05, 4.69) is 11.9 Å². The van der Waals surface area contributed by atoms with E-state index < -0.39 is 0 Å². The van der Waals surface area contributed by atoms with Gasteiger partial charge in [0.15, 0.2) is 0 Å². The number of nitrogens with zero attached hydrogens (tertiary/aromatic N) is 2. The van der Waals surface area contributed by atoms with E-state index in [9.17, 15) is 0 Å². The number of imidazole rings is 1. The topological polar surface area (TPSA) is 53.1 Å². The van der Waals surface area contributed by atoms with Crippen molar-refractivity contribution in [1.82, 2.24) is 9.55 Å². The maximum atomic E-state index is 6.10. The van der Waals surface area contributed by atoms with Crippen LogP contribution in [0.4, 0.5) is 0 Å². The Hall–Kier alpha value is -1.81. The SMILES string of the molecule is CCOc1ccccc1-n1cncc1[C@H](N)CC. The standard InChI is InChI=1S/C14H19N3O/c1-3-11(15)13-9-16-10-17(13)12-7-5-6-8-14(12)18-4-2/h5-11H,3-4,15H2,1-2H3/t11-/m1/s1. The van der Waals surface area contributed by atoms with Gasteiger partial charge in [-0.1, -0.05) is 19.1 Å². The summed E-state index contributed by atoms with van der Waals surface area (Å²) in [6, 6.07) is 7.91. The van der Waals surface area contributed by atoms with Gasteiger partial charge >= 0.3 is 0 Å². The van der Waals surface area contributed by atoms with Crippen LogP contribution >= 0.6 is 0 Å². The summed E-state index contributed by atoms with van der Waals surface area (Å²) in [6.07, 6.45) is 4.47. The van der Waals surface area contributed by atoms with Crippen LogP contribution in [0.5, 0.6) is 5.75 Å². The van der Waals surface area contributed by atoms with E-state index in [1.807, 2.05) is 42.0 Å². The first kappa shape index (κ1) is 12.6. The Balaban J connectivity index is 2.45. The zero-order valence-corrected chi connectivity index (χ0v) is 10.8. The zero-order valence-electron chi connectivity index (χ0n) is 10.8. The zero-order chi connectivity index (χ0) is 13.0. The molecule has 0 saturated heterocycles. The van der Waals surface area contributed by atoms with Gasteiger partial charge in [0.05, 0.1) is 30.5 Å². The van der Waals surface area contributed by atoms with E-state index in [0.29, 0.717) is 6.61 Å². The highest BCUT2D eigenvalue weighted by Gasteiger charge is 2.13. The van der Waals surface area contributed by atoms with Crippen molar-refractivity contribution >= 4 is 0 Å². The molecule has 1 aromatic heterocycles. The first-order chi connectivity index (χ1) is 8.77. The Bertz CT molecular complexity index is 507. The molecule has 0 spiro atoms. The fourth-order valence-corrected chi connectivity index (χ4v) is 1.92. The van der Waals surface area contributed by atoms with Gasteiger partial charge in [-0.25, -0.2) is 4.98 Å². The van der Waals surface area contributed by atoms with Gasteiger partial charge in [0.1, 0.15) is 5.75 Å². The molecule has 0 saturated carbocycles. The van der Waals surface area contributed by atoms with Crippen LogP contribution in [-0.2, 0) is 0 Å². The van der Waals surface area contributed by atoms with Crippen LogP contribution in [0, 0.1) is 0 Å². The molecule has 0 fully saturated rings. The van der Waals surface area contributed by atoms with Gasteiger partial charge in [-0.05, 0) is 25.5 Å². The predicted octanol–water partition coefficient (Wildman–Crippen LogP) is 2.68. The smallest absolute Gasteiger partial charge is 0.143 e. The minimum atomic E-state index is -0.0119. The number of aromatic nitrogens is 2. The number of nitrogens with two attached hydrogens (primary N) is 1. The molecule has 2 rings (SSSR count). The van der Waals surface area contributed by atoms with E-state index in [4.69, 9.17) is 10.5 Å². The van der Waals surface area contributed by atoms with Gasteiger partial charge in [-0.2, -0.15) is 0 Å². The number of benzene rings is 1. The van der Waals surface area contributed by atoms with E-state index in [1.54, 1.807) is 6.33 Å². The van der Waals surface area contributed by atoms with Crippen molar-refractivity contribution in [2.75, 3.05) is 6.61 Å². The molecule has 0 unspecified atom stereocenters. The second-order valence-electron chi connectivity index (χ2n) is 4.10. The van der Waals surface area contributed by atoms with Crippen LogP contribution in [0.2, 0.25) is 0 Å². The molecule has 1 atom stereocenters. The van der Waals surface area contributed by atoms with Crippen molar-refractivity contribution in [2.45, 2.75) is 26.3 Å². The average Bonchev–Trinajstić information content (AvgIpc) is 2.88. The summed E-state index contributed by atoms with van der Waals surface area (Å²) in [5.74, 6) is 0.850. The van der Waals surface area contributed by atoms with Crippen molar-refractivity contribution in [3.05, 3.63) is 42.5 Å². The molecule has 0 aliphatic rings. The fourth-order valence-electron chi connectivity index (χ4n) is 1.92. The Morgan fingerprint density at radius 2 is 2.11 bits per heavy atom. The summed E-state index contributed by atoms with van der Waals surface area (Å²) < 4.78 is 7.64. The van der Waals surface area contributed by atoms with Crippen LogP contribution in [0.15, 0.2) is 36.8 Å². The molecule has 0 amide bonds. The van der Waals surface area contributed by atoms with Gasteiger partial charge in [0.25, 0.3) is 0 Å². The normalized spacial score (nSPS) is 12.4. The molecular formula is C14H19N3O. The third-order valence-corrected chi connectivity index (χ3v) is 2.91. The van der Waals surface area contributed by atoms with Gasteiger partial charge in [0, 0.05) is 6.04 Å². The Labute approximate surface area is 107 Å². The Morgan fingerprint density at radius 3 is 2.83 bits per heavy atom. The minimum absolute atomic E-state index is 0.0119. The molecule has 2 N–H and O–H groups in total. The Kier molecular flexibility index (Phi) is 3.99. The Morgan fingerprint density at radius 1 is 1.33 bits per heavy atom. The number of hydrogen-bond acceptors (Lipinski definition) is 3. The lowest BCUT2D eigenvalue weighted by Gasteiger charge is -2.16. The van der Waals surface area contributed by atoms with Gasteiger partial charge in [-0.3, -0.25) is 4.57 Å². The molecule has 0 radical (unpaired) electrons. The second-order valence-corrected chi connectivity index (χ2v) is 4.10. The molecule has 0 bridgehead atoms. The summed E-state index contributed by atoms with van der Waals surface area (Å²) in [7, 11) is 0. The van der Waals surface area contributed by atoms with Crippen molar-refractivity contribution < 1.29 is 4.74 Å². The largest absolute Gasteiger partial charge is 0.492 e. The lowest BCUT2D eigenvalue weighted by molar-refractivity contribution is 0.339. The second kappa shape index (κ2) is 5.69. The van der Waals surface area contributed by atoms with E-state index in [0.717, 1.165) is 23.6 Å². The van der Waals surface area contributed by atoms with Gasteiger partial charge in [-0.15, -0.1) is 0 Å². The van der Waals surface area contributed by atoms with Crippen LogP contribution in [0.1, 0.15) is 32.0 Å². The summed E-state index contributed by atoms with van der Waals surface area (Å²) >= 11 is 0. The van der Waals surface area contributed by atoms with Crippen LogP contribution < -0.4 is 10.5 Å². The van der Waals surface area contributed by atoms with Crippen LogP contribution in [0.3, 0.4) is 0 Å². The highest BCUT2D eigenvalue weighted by molar-refractivity contribution is 5.47. The highest BCUT2D eigenvalue weighted by atomic mass is 16.5. The molecule has 2 aromatic rings. The third kappa shape index (κ3) is 2.38. The molecule has 4 heteroatoms. The molecule has 96 valence electrons. The molecule has 1 aromatic carbocycles. The van der Waals surface area contributed by atoms with E-state index >= 15 is 0 Å². The predicted molar refractivity (Wildman–Crippen MR) is 72.0 cm³/mol. The van der Waals surface area contributed by atoms with Gasteiger partial charge in [0.2, 0.25) is 0 Å². The molecule has 1 heterocycles. The number of rotatable bonds is 5. The van der Waals surface area contributed by atoms with Crippen molar-refractivity contribution in [3.8, 4) is 11.4 Å². The number of para-hydroxylation sites is 2. The maximum absolute atomic E-state index is 6.10. The molecule has 4 nitrogen and oxygen atoms in total. The van der Waals surface area contributed by atoms with E-state index in [1.165, 1.54) is 0 Å². The lowest BCUT2D eigenvalue weighted by atomic mass is 10.1. The minimum Gasteiger partial charge on any atom is -0.492 e. The van der Waals surface area contributed by atoms with Gasteiger partial charge < -0.3 is 10.5 Å². The van der Waals surface area contributed by atoms with Crippen LogP contribution in [0.25, 0.3) is 5.69 Å². The maximum Gasteiger partial charge on any atom is 0.143 e. The fraction of sp³-hybridized carbons (Fsp3) is 0.357. The summed E-state index contributed by atoms with van der Waals surface area (Å²) in [5, 5.41) is 0. The first-order valence-corrected chi connectivity index (χ1v) is 6.28. The number of hydrogen-bond donors (Lipinski definition) is 1. The lowest BCUT2D eigenvalue weighted by Crippen LogP contribution is -2.13. The molecule has 0 aliphatic carbocycles. The third-order valence-electron chi connectivity index (χ3n) is 2.91. The van der Waals surface area contributed by atoms with Crippen molar-refractivity contribution in [2.24, 2.45) is 5.73 Å². The van der Waals surface area contributed by atoms with Crippen molar-refractivity contribution in [1.29, 1.82) is 0 Å². The first-order valence-electron chi connectivity index (χ1n) is 6.28. The van der Waals surface area contributed by atoms with Crippen molar-refractivity contribution in [3.63, 3.8) is 0 Å². The molecule has 0 aliphatic heterocycles. The highest BCUT2D eigenvalue weighted by Crippen LogP contribution is 2.26. The van der Waals surface area contributed by atoms with E-state index in [-0.39, 0.29) is 6.04 Å².